The van der Waals surface area contributed by atoms with Crippen LogP contribution in [-0.4, -0.2) is 37.6 Å². The Morgan fingerprint density at radius 2 is 1.52 bits per heavy atom. The largest absolute Gasteiger partial charge is 0.369 e. The van der Waals surface area contributed by atoms with E-state index >= 15 is 0 Å². The van der Waals surface area contributed by atoms with Gasteiger partial charge in [-0.1, -0.05) is 57.7 Å². The molecule has 0 bridgehead atoms. The number of benzene rings is 1. The average molecular weight is 393 g/mol. The second kappa shape index (κ2) is 12.0. The van der Waals surface area contributed by atoms with E-state index in [-0.39, 0.29) is 12.4 Å². The molecule has 1 saturated heterocycles. The van der Waals surface area contributed by atoms with Crippen molar-refractivity contribution in [3.63, 3.8) is 0 Å². The first-order valence-electron chi connectivity index (χ1n) is 11.4. The molecule has 27 heavy (non-hydrogen) atoms. The topological polar surface area (TPSA) is 6.48 Å². The van der Waals surface area contributed by atoms with Crippen LogP contribution in [0.3, 0.4) is 0 Å². The van der Waals surface area contributed by atoms with Crippen molar-refractivity contribution in [3.05, 3.63) is 29.8 Å². The number of hydrogen-bond acceptors (Lipinski definition) is 2. The predicted molar refractivity (Wildman–Crippen MR) is 121 cm³/mol. The molecule has 2 nitrogen and oxygen atoms in total. The normalized spacial score (nSPS) is 23.9. The quantitative estimate of drug-likeness (QED) is 0.498. The molecule has 0 radical (unpaired) electrons. The van der Waals surface area contributed by atoms with Crippen molar-refractivity contribution < 1.29 is 0 Å². The van der Waals surface area contributed by atoms with Crippen molar-refractivity contribution in [3.8, 4) is 0 Å². The molecule has 1 heterocycles. The molecular formula is C24H41ClN2. The lowest BCUT2D eigenvalue weighted by molar-refractivity contribution is 0.253. The Kier molecular flexibility index (Phi) is 10.00. The van der Waals surface area contributed by atoms with Crippen molar-refractivity contribution in [2.24, 2.45) is 5.92 Å². The van der Waals surface area contributed by atoms with Crippen LogP contribution in [0.1, 0.15) is 83.1 Å². The molecule has 1 aliphatic carbocycles. The van der Waals surface area contributed by atoms with E-state index in [0.29, 0.717) is 0 Å². The SMILES string of the molecule is CCCCC1CCC(c2ccccc2N2CCN(CCCC)CC2)CC1.Cl. The Balaban J connectivity index is 0.00000261. The third kappa shape index (κ3) is 6.39. The summed E-state index contributed by atoms with van der Waals surface area (Å²) in [6, 6.07) is 9.32. The summed E-state index contributed by atoms with van der Waals surface area (Å²) < 4.78 is 0. The van der Waals surface area contributed by atoms with Gasteiger partial charge in [-0.05, 0) is 62.1 Å². The van der Waals surface area contributed by atoms with Crippen LogP contribution in [0, 0.1) is 5.92 Å². The van der Waals surface area contributed by atoms with E-state index in [4.69, 9.17) is 0 Å². The summed E-state index contributed by atoms with van der Waals surface area (Å²) in [6.07, 6.45) is 12.6. The number of anilines is 1. The van der Waals surface area contributed by atoms with Gasteiger partial charge in [-0.25, -0.2) is 0 Å². The zero-order valence-electron chi connectivity index (χ0n) is 17.7. The molecule has 2 fully saturated rings. The molecule has 1 aromatic rings. The number of rotatable bonds is 8. The second-order valence-corrected chi connectivity index (χ2v) is 8.60. The molecular weight excluding hydrogens is 352 g/mol. The van der Waals surface area contributed by atoms with Gasteiger partial charge in [0, 0.05) is 31.9 Å². The van der Waals surface area contributed by atoms with Gasteiger partial charge < -0.3 is 4.90 Å². The predicted octanol–water partition coefficient (Wildman–Crippen LogP) is 6.49. The molecule has 0 amide bonds. The van der Waals surface area contributed by atoms with Crippen LogP contribution in [-0.2, 0) is 0 Å². The van der Waals surface area contributed by atoms with Crippen LogP contribution < -0.4 is 4.90 Å². The van der Waals surface area contributed by atoms with Crippen LogP contribution in [0.4, 0.5) is 5.69 Å². The van der Waals surface area contributed by atoms with Gasteiger partial charge in [0.15, 0.2) is 0 Å². The number of halogens is 1. The summed E-state index contributed by atoms with van der Waals surface area (Å²) in [5.74, 6) is 1.79. The number of unbranched alkanes of at least 4 members (excludes halogenated alkanes) is 2. The first kappa shape index (κ1) is 22.6. The molecule has 0 unspecified atom stereocenters. The van der Waals surface area contributed by atoms with Crippen molar-refractivity contribution in [2.75, 3.05) is 37.6 Å². The van der Waals surface area contributed by atoms with E-state index in [2.05, 4.69) is 47.9 Å². The number of nitrogens with zero attached hydrogens (tertiary/aromatic N) is 2. The van der Waals surface area contributed by atoms with Crippen LogP contribution in [0.15, 0.2) is 24.3 Å². The molecule has 1 saturated carbocycles. The van der Waals surface area contributed by atoms with Gasteiger partial charge in [0.05, 0.1) is 0 Å². The van der Waals surface area contributed by atoms with Gasteiger partial charge in [-0.15, -0.1) is 12.4 Å². The molecule has 154 valence electrons. The van der Waals surface area contributed by atoms with E-state index in [9.17, 15) is 0 Å². The second-order valence-electron chi connectivity index (χ2n) is 8.60. The maximum absolute atomic E-state index is 2.67. The monoisotopic (exact) mass is 392 g/mol. The minimum atomic E-state index is 0. The third-order valence-electron chi connectivity index (χ3n) is 6.73. The van der Waals surface area contributed by atoms with E-state index in [1.807, 2.05) is 0 Å². The highest BCUT2D eigenvalue weighted by molar-refractivity contribution is 5.85. The highest BCUT2D eigenvalue weighted by Crippen LogP contribution is 2.41. The fraction of sp³-hybridized carbons (Fsp3) is 0.750. The lowest BCUT2D eigenvalue weighted by Crippen LogP contribution is -2.47. The Morgan fingerprint density at radius 3 is 2.19 bits per heavy atom. The van der Waals surface area contributed by atoms with Crippen LogP contribution >= 0.6 is 12.4 Å². The van der Waals surface area contributed by atoms with Gasteiger partial charge in [0.25, 0.3) is 0 Å². The van der Waals surface area contributed by atoms with Crippen LogP contribution in [0.2, 0.25) is 0 Å². The Morgan fingerprint density at radius 1 is 0.852 bits per heavy atom. The fourth-order valence-corrected chi connectivity index (χ4v) is 4.97. The lowest BCUT2D eigenvalue weighted by atomic mass is 9.76. The minimum absolute atomic E-state index is 0. The molecule has 0 N–H and O–H groups in total. The van der Waals surface area contributed by atoms with Gasteiger partial charge >= 0.3 is 0 Å². The van der Waals surface area contributed by atoms with Crippen LogP contribution in [0.25, 0.3) is 0 Å². The average Bonchev–Trinajstić information content (AvgIpc) is 2.71. The van der Waals surface area contributed by atoms with Gasteiger partial charge in [0.1, 0.15) is 0 Å². The zero-order chi connectivity index (χ0) is 18.2. The number of hydrogen-bond donors (Lipinski definition) is 0. The van der Waals surface area contributed by atoms with Gasteiger partial charge in [0.2, 0.25) is 0 Å². The molecule has 3 rings (SSSR count). The summed E-state index contributed by atoms with van der Waals surface area (Å²) in [5, 5.41) is 0. The van der Waals surface area contributed by atoms with Gasteiger partial charge in [-0.3, -0.25) is 4.90 Å². The Bertz CT molecular complexity index is 470. The van der Waals surface area contributed by atoms with Crippen LogP contribution in [0.5, 0.6) is 0 Å². The number of para-hydroxylation sites is 1. The summed E-state index contributed by atoms with van der Waals surface area (Å²) in [4.78, 5) is 5.32. The number of piperazine rings is 1. The van der Waals surface area contributed by atoms with Crippen molar-refractivity contribution in [1.82, 2.24) is 4.90 Å². The van der Waals surface area contributed by atoms with Gasteiger partial charge in [-0.2, -0.15) is 0 Å². The maximum atomic E-state index is 2.67. The van der Waals surface area contributed by atoms with E-state index in [1.54, 1.807) is 11.3 Å². The summed E-state index contributed by atoms with van der Waals surface area (Å²) in [6.45, 7) is 10.8. The highest BCUT2D eigenvalue weighted by Gasteiger charge is 2.26. The van der Waals surface area contributed by atoms with Crippen molar-refractivity contribution in [2.45, 2.75) is 77.6 Å². The Hall–Kier alpha value is -0.730. The first-order chi connectivity index (χ1) is 12.8. The molecule has 1 aliphatic heterocycles. The first-order valence-corrected chi connectivity index (χ1v) is 11.4. The van der Waals surface area contributed by atoms with E-state index in [1.165, 1.54) is 90.5 Å². The molecule has 3 heteroatoms. The lowest BCUT2D eigenvalue weighted by Gasteiger charge is -2.38. The summed E-state index contributed by atoms with van der Waals surface area (Å²) in [5.41, 5.74) is 3.18. The minimum Gasteiger partial charge on any atom is -0.369 e. The van der Waals surface area contributed by atoms with E-state index < -0.39 is 0 Å². The maximum Gasteiger partial charge on any atom is 0.0402 e. The zero-order valence-corrected chi connectivity index (χ0v) is 18.5. The standard InChI is InChI=1S/C24H40N2.ClH/c1-3-5-9-21-12-14-22(15-13-21)23-10-7-8-11-24(23)26-19-17-25(18-20-26)16-6-4-2;/h7-8,10-11,21-22H,3-6,9,12-20H2,1-2H3;1H. The summed E-state index contributed by atoms with van der Waals surface area (Å²) in [7, 11) is 0. The molecule has 1 aromatic carbocycles. The summed E-state index contributed by atoms with van der Waals surface area (Å²) >= 11 is 0. The Labute approximate surface area is 174 Å². The van der Waals surface area contributed by atoms with Crippen molar-refractivity contribution in [1.29, 1.82) is 0 Å². The fourth-order valence-electron chi connectivity index (χ4n) is 4.97. The van der Waals surface area contributed by atoms with E-state index in [0.717, 1.165) is 11.8 Å². The molecule has 0 aromatic heterocycles. The molecule has 0 atom stereocenters. The third-order valence-corrected chi connectivity index (χ3v) is 6.73. The molecule has 2 aliphatic rings. The smallest absolute Gasteiger partial charge is 0.0402 e. The van der Waals surface area contributed by atoms with Crippen molar-refractivity contribution >= 4 is 18.1 Å². The molecule has 0 spiro atoms. The highest BCUT2D eigenvalue weighted by atomic mass is 35.5.